The number of rotatable bonds is 8. The molecule has 2 aromatic carbocycles. The number of aliphatic hydroxyl groups is 1. The van der Waals surface area contributed by atoms with Gasteiger partial charge in [0.15, 0.2) is 11.6 Å². The summed E-state index contributed by atoms with van der Waals surface area (Å²) in [6, 6.07) is 12.1. The Kier molecular flexibility index (Phi) is 7.18. The summed E-state index contributed by atoms with van der Waals surface area (Å²) in [4.78, 5) is 2.43. The summed E-state index contributed by atoms with van der Waals surface area (Å²) >= 11 is 0. The van der Waals surface area contributed by atoms with Crippen molar-refractivity contribution in [1.29, 1.82) is 0 Å². The van der Waals surface area contributed by atoms with E-state index >= 15 is 0 Å². The predicted octanol–water partition coefficient (Wildman–Crippen LogP) is 4.18. The highest BCUT2D eigenvalue weighted by Crippen LogP contribution is 2.26. The Morgan fingerprint density at radius 2 is 1.96 bits per heavy atom. The van der Waals surface area contributed by atoms with Crippen LogP contribution in [0.2, 0.25) is 0 Å². The van der Waals surface area contributed by atoms with Crippen LogP contribution in [0.25, 0.3) is 0 Å². The van der Waals surface area contributed by atoms with Crippen LogP contribution in [0.5, 0.6) is 5.75 Å². The number of benzene rings is 2. The Morgan fingerprint density at radius 1 is 1.11 bits per heavy atom. The summed E-state index contributed by atoms with van der Waals surface area (Å²) in [6.07, 6.45) is 4.06. The maximum absolute atomic E-state index is 13.4. The fourth-order valence-corrected chi connectivity index (χ4v) is 3.77. The molecule has 1 aliphatic heterocycles. The number of likely N-dealkylation sites (tertiary alicyclic amines) is 1. The van der Waals surface area contributed by atoms with E-state index < -0.39 is 11.6 Å². The van der Waals surface area contributed by atoms with E-state index in [1.54, 1.807) is 6.07 Å². The molecule has 3 rings (SSSR count). The van der Waals surface area contributed by atoms with Gasteiger partial charge in [0.2, 0.25) is 0 Å². The summed E-state index contributed by atoms with van der Waals surface area (Å²) < 4.78 is 32.1. The molecule has 0 saturated carbocycles. The third-order valence-corrected chi connectivity index (χ3v) is 5.14. The van der Waals surface area contributed by atoms with Gasteiger partial charge in [0.25, 0.3) is 0 Å². The van der Waals surface area contributed by atoms with Gasteiger partial charge in [-0.25, -0.2) is 8.78 Å². The van der Waals surface area contributed by atoms with Gasteiger partial charge in [-0.2, -0.15) is 0 Å². The first kappa shape index (κ1) is 19.8. The van der Waals surface area contributed by atoms with Crippen LogP contribution in [0, 0.1) is 17.6 Å². The van der Waals surface area contributed by atoms with E-state index in [2.05, 4.69) is 11.0 Å². The number of para-hydroxylation sites is 1. The topological polar surface area (TPSA) is 32.7 Å². The first-order valence-electron chi connectivity index (χ1n) is 9.63. The number of ether oxygens (including phenoxy) is 1. The minimum absolute atomic E-state index is 0.00407. The number of piperidine rings is 1. The van der Waals surface area contributed by atoms with Crippen molar-refractivity contribution >= 4 is 0 Å². The predicted molar refractivity (Wildman–Crippen MR) is 102 cm³/mol. The Morgan fingerprint density at radius 3 is 2.78 bits per heavy atom. The van der Waals surface area contributed by atoms with Gasteiger partial charge >= 0.3 is 0 Å². The molecule has 27 heavy (non-hydrogen) atoms. The first-order valence-corrected chi connectivity index (χ1v) is 9.63. The summed E-state index contributed by atoms with van der Waals surface area (Å²) in [7, 11) is 0. The summed E-state index contributed by atoms with van der Waals surface area (Å²) in [5.74, 6) is -0.172. The largest absolute Gasteiger partial charge is 0.491 e. The van der Waals surface area contributed by atoms with Gasteiger partial charge in [0.05, 0.1) is 6.61 Å². The standard InChI is InChI=1S/C22H27F2NO2/c23-20-10-9-17(14-21(20)24)7-8-18-4-3-11-25(15-18)16-19-5-1-2-6-22(19)27-13-12-26/h1-2,5-6,9-10,14,18,26H,3-4,7-8,11-13,15-16H2/t18-/m1/s1. The molecule has 1 saturated heterocycles. The number of hydrogen-bond acceptors (Lipinski definition) is 3. The maximum atomic E-state index is 13.4. The van der Waals surface area contributed by atoms with Gasteiger partial charge in [-0.05, 0) is 61.9 Å². The number of hydrogen-bond donors (Lipinski definition) is 1. The molecule has 1 aliphatic rings. The van der Waals surface area contributed by atoms with E-state index in [1.807, 2.05) is 18.2 Å². The molecule has 0 aliphatic carbocycles. The van der Waals surface area contributed by atoms with Crippen molar-refractivity contribution in [2.75, 3.05) is 26.3 Å². The highest BCUT2D eigenvalue weighted by molar-refractivity contribution is 5.33. The first-order chi connectivity index (χ1) is 13.2. The second kappa shape index (κ2) is 9.81. The van der Waals surface area contributed by atoms with E-state index in [0.717, 1.165) is 55.8 Å². The van der Waals surface area contributed by atoms with Gasteiger partial charge in [-0.15, -0.1) is 0 Å². The van der Waals surface area contributed by atoms with Crippen LogP contribution in [0.4, 0.5) is 8.78 Å². The van der Waals surface area contributed by atoms with E-state index in [1.165, 1.54) is 18.6 Å². The number of aryl methyl sites for hydroxylation is 1. The molecule has 2 aromatic rings. The molecule has 0 unspecified atom stereocenters. The summed E-state index contributed by atoms with van der Waals surface area (Å²) in [6.45, 7) is 3.18. The second-order valence-electron chi connectivity index (χ2n) is 7.21. The van der Waals surface area contributed by atoms with Crippen LogP contribution in [-0.4, -0.2) is 36.3 Å². The Bertz CT molecular complexity index is 738. The minimum atomic E-state index is -0.787. The molecule has 0 amide bonds. The van der Waals surface area contributed by atoms with Crippen LogP contribution >= 0.6 is 0 Å². The Balaban J connectivity index is 1.54. The SMILES string of the molecule is OCCOc1ccccc1CN1CCC[C@H](CCc2ccc(F)c(F)c2)C1. The molecule has 1 atom stereocenters. The number of nitrogens with zero attached hydrogens (tertiary/aromatic N) is 1. The van der Waals surface area contributed by atoms with Crippen LogP contribution < -0.4 is 4.74 Å². The normalized spacial score (nSPS) is 17.8. The molecule has 1 fully saturated rings. The third-order valence-electron chi connectivity index (χ3n) is 5.14. The van der Waals surface area contributed by atoms with Gasteiger partial charge in [-0.3, -0.25) is 4.90 Å². The molecule has 0 bridgehead atoms. The fourth-order valence-electron chi connectivity index (χ4n) is 3.77. The molecule has 3 nitrogen and oxygen atoms in total. The Hall–Kier alpha value is -1.98. The van der Waals surface area contributed by atoms with Crippen molar-refractivity contribution in [2.24, 2.45) is 5.92 Å². The van der Waals surface area contributed by atoms with Crippen molar-refractivity contribution in [3.05, 3.63) is 65.2 Å². The molecule has 0 aromatic heterocycles. The average molecular weight is 375 g/mol. The van der Waals surface area contributed by atoms with Gasteiger partial charge in [-0.1, -0.05) is 24.3 Å². The van der Waals surface area contributed by atoms with Crippen LogP contribution in [0.3, 0.4) is 0 Å². The molecule has 0 spiro atoms. The minimum Gasteiger partial charge on any atom is -0.491 e. The van der Waals surface area contributed by atoms with E-state index in [0.29, 0.717) is 12.5 Å². The lowest BCUT2D eigenvalue weighted by Crippen LogP contribution is -2.35. The van der Waals surface area contributed by atoms with Gasteiger partial charge < -0.3 is 9.84 Å². The molecule has 146 valence electrons. The lowest BCUT2D eigenvalue weighted by Gasteiger charge is -2.33. The molecular formula is C22H27F2NO2. The van der Waals surface area contributed by atoms with Crippen molar-refractivity contribution in [2.45, 2.75) is 32.2 Å². The van der Waals surface area contributed by atoms with Crippen molar-refractivity contribution in [3.8, 4) is 5.75 Å². The second-order valence-corrected chi connectivity index (χ2v) is 7.21. The highest BCUT2D eigenvalue weighted by atomic mass is 19.2. The molecule has 5 heteroatoms. The number of halogens is 2. The third kappa shape index (κ3) is 5.75. The molecule has 1 N–H and O–H groups in total. The van der Waals surface area contributed by atoms with Gasteiger partial charge in [0, 0.05) is 18.7 Å². The quantitative estimate of drug-likeness (QED) is 0.751. The van der Waals surface area contributed by atoms with Crippen LogP contribution in [0.1, 0.15) is 30.4 Å². The monoisotopic (exact) mass is 375 g/mol. The smallest absolute Gasteiger partial charge is 0.159 e. The lowest BCUT2D eigenvalue weighted by molar-refractivity contribution is 0.157. The summed E-state index contributed by atoms with van der Waals surface area (Å²) in [5, 5.41) is 8.98. The maximum Gasteiger partial charge on any atom is 0.159 e. The molecule has 0 radical (unpaired) electrons. The van der Waals surface area contributed by atoms with Crippen molar-refractivity contribution in [3.63, 3.8) is 0 Å². The van der Waals surface area contributed by atoms with E-state index in [4.69, 9.17) is 9.84 Å². The zero-order valence-electron chi connectivity index (χ0n) is 15.5. The zero-order chi connectivity index (χ0) is 19.1. The van der Waals surface area contributed by atoms with Crippen molar-refractivity contribution in [1.82, 2.24) is 4.90 Å². The van der Waals surface area contributed by atoms with Crippen LogP contribution in [-0.2, 0) is 13.0 Å². The zero-order valence-corrected chi connectivity index (χ0v) is 15.5. The van der Waals surface area contributed by atoms with Crippen molar-refractivity contribution < 1.29 is 18.6 Å². The summed E-state index contributed by atoms with van der Waals surface area (Å²) in [5.41, 5.74) is 1.99. The highest BCUT2D eigenvalue weighted by Gasteiger charge is 2.21. The fraction of sp³-hybridized carbons (Fsp3) is 0.455. The molecular weight excluding hydrogens is 348 g/mol. The lowest BCUT2D eigenvalue weighted by atomic mass is 9.91. The average Bonchev–Trinajstić information content (AvgIpc) is 2.68. The van der Waals surface area contributed by atoms with E-state index in [-0.39, 0.29) is 6.61 Å². The Labute approximate surface area is 159 Å². The number of aliphatic hydroxyl groups excluding tert-OH is 1. The van der Waals surface area contributed by atoms with Gasteiger partial charge in [0.1, 0.15) is 12.4 Å². The van der Waals surface area contributed by atoms with E-state index in [9.17, 15) is 8.78 Å². The molecule has 1 heterocycles. The van der Waals surface area contributed by atoms with Crippen LogP contribution in [0.15, 0.2) is 42.5 Å².